The Bertz CT molecular complexity index is 1160. The van der Waals surface area contributed by atoms with E-state index < -0.39 is 21.0 Å². The number of nitrogens with one attached hydrogen (secondary N) is 1. The van der Waals surface area contributed by atoms with E-state index >= 15 is 0 Å². The summed E-state index contributed by atoms with van der Waals surface area (Å²) in [4.78, 5) is 16.9. The van der Waals surface area contributed by atoms with E-state index in [1.807, 2.05) is 12.1 Å². The molecule has 31 heavy (non-hydrogen) atoms. The highest BCUT2D eigenvalue weighted by atomic mass is 32.2. The van der Waals surface area contributed by atoms with Crippen molar-refractivity contribution in [1.29, 1.82) is 0 Å². The molecule has 162 valence electrons. The SMILES string of the molecule is COc1ccc(NC(=O)c2ccccc2S(=O)(=O)C(C)C)cc1OCc1ccncc1. The minimum absolute atomic E-state index is 0.00479. The minimum Gasteiger partial charge on any atom is -0.493 e. The number of carbonyl (C=O) groups is 1. The lowest BCUT2D eigenvalue weighted by molar-refractivity contribution is 0.102. The van der Waals surface area contributed by atoms with Crippen molar-refractivity contribution in [3.05, 3.63) is 78.1 Å². The molecule has 7 nitrogen and oxygen atoms in total. The highest BCUT2D eigenvalue weighted by molar-refractivity contribution is 7.92. The average Bonchev–Trinajstić information content (AvgIpc) is 2.78. The molecule has 0 fully saturated rings. The van der Waals surface area contributed by atoms with Crippen LogP contribution >= 0.6 is 0 Å². The van der Waals surface area contributed by atoms with Crippen LogP contribution in [0.1, 0.15) is 29.8 Å². The monoisotopic (exact) mass is 440 g/mol. The second-order valence-electron chi connectivity index (χ2n) is 7.05. The van der Waals surface area contributed by atoms with Crippen LogP contribution in [0.15, 0.2) is 71.9 Å². The first-order valence-corrected chi connectivity index (χ1v) is 11.2. The van der Waals surface area contributed by atoms with Gasteiger partial charge >= 0.3 is 0 Å². The third kappa shape index (κ3) is 5.21. The molecule has 1 N–H and O–H groups in total. The Morgan fingerprint density at radius 3 is 2.42 bits per heavy atom. The van der Waals surface area contributed by atoms with Crippen molar-refractivity contribution in [3.8, 4) is 11.5 Å². The Labute approximate surface area is 182 Å². The van der Waals surface area contributed by atoms with Crippen LogP contribution in [0.2, 0.25) is 0 Å². The summed E-state index contributed by atoms with van der Waals surface area (Å²) in [6, 6.07) is 14.8. The maximum absolute atomic E-state index is 12.9. The van der Waals surface area contributed by atoms with Gasteiger partial charge in [0.25, 0.3) is 5.91 Å². The first kappa shape index (κ1) is 22.3. The molecule has 0 spiro atoms. The van der Waals surface area contributed by atoms with Crippen LogP contribution in [0.25, 0.3) is 0 Å². The van der Waals surface area contributed by atoms with E-state index in [4.69, 9.17) is 9.47 Å². The molecule has 0 aliphatic carbocycles. The molecular weight excluding hydrogens is 416 g/mol. The van der Waals surface area contributed by atoms with E-state index in [2.05, 4.69) is 10.3 Å². The Kier molecular flexibility index (Phi) is 6.91. The van der Waals surface area contributed by atoms with Crippen molar-refractivity contribution >= 4 is 21.4 Å². The normalized spacial score (nSPS) is 11.2. The summed E-state index contributed by atoms with van der Waals surface area (Å²) in [5.74, 6) is 0.431. The summed E-state index contributed by atoms with van der Waals surface area (Å²) in [5.41, 5.74) is 1.47. The zero-order valence-electron chi connectivity index (χ0n) is 17.5. The number of methoxy groups -OCH3 is 1. The summed E-state index contributed by atoms with van der Waals surface area (Å²) in [6.07, 6.45) is 3.35. The van der Waals surface area contributed by atoms with Gasteiger partial charge in [0, 0.05) is 24.1 Å². The molecular formula is C23H24N2O5S. The molecule has 0 unspecified atom stereocenters. The van der Waals surface area contributed by atoms with Gasteiger partial charge in [-0.25, -0.2) is 8.42 Å². The van der Waals surface area contributed by atoms with Crippen molar-refractivity contribution in [2.45, 2.75) is 30.6 Å². The van der Waals surface area contributed by atoms with E-state index in [1.54, 1.807) is 56.6 Å². The molecule has 8 heteroatoms. The van der Waals surface area contributed by atoms with Crippen molar-refractivity contribution in [3.63, 3.8) is 0 Å². The number of nitrogens with zero attached hydrogens (tertiary/aromatic N) is 1. The fourth-order valence-electron chi connectivity index (χ4n) is 2.86. The molecule has 0 aliphatic rings. The van der Waals surface area contributed by atoms with Crippen molar-refractivity contribution in [2.75, 3.05) is 12.4 Å². The number of hydrogen-bond acceptors (Lipinski definition) is 6. The second kappa shape index (κ2) is 9.61. The molecule has 0 aliphatic heterocycles. The van der Waals surface area contributed by atoms with Crippen LogP contribution in [0.3, 0.4) is 0 Å². The Balaban J connectivity index is 1.84. The van der Waals surface area contributed by atoms with Gasteiger partial charge in [0.1, 0.15) is 6.61 Å². The first-order chi connectivity index (χ1) is 14.8. The summed E-state index contributed by atoms with van der Waals surface area (Å²) in [5, 5.41) is 2.11. The third-order valence-corrected chi connectivity index (χ3v) is 6.83. The van der Waals surface area contributed by atoms with Crippen LogP contribution < -0.4 is 14.8 Å². The van der Waals surface area contributed by atoms with E-state index in [-0.39, 0.29) is 10.5 Å². The summed E-state index contributed by atoms with van der Waals surface area (Å²) in [7, 11) is -2.09. The molecule has 2 aromatic carbocycles. The van der Waals surface area contributed by atoms with Gasteiger partial charge in [-0.3, -0.25) is 9.78 Å². The minimum atomic E-state index is -3.61. The lowest BCUT2D eigenvalue weighted by Crippen LogP contribution is -2.20. The first-order valence-electron chi connectivity index (χ1n) is 9.67. The molecule has 0 saturated carbocycles. The molecule has 0 saturated heterocycles. The Morgan fingerprint density at radius 1 is 1.03 bits per heavy atom. The molecule has 0 bridgehead atoms. The molecule has 3 rings (SSSR count). The highest BCUT2D eigenvalue weighted by Gasteiger charge is 2.25. The number of pyridine rings is 1. The standard InChI is InChI=1S/C23H24N2O5S/c1-16(2)31(27,28)22-7-5-4-6-19(22)23(26)25-18-8-9-20(29-3)21(14-18)30-15-17-10-12-24-13-11-17/h4-14,16H,15H2,1-3H3,(H,25,26). The zero-order chi connectivity index (χ0) is 22.4. The smallest absolute Gasteiger partial charge is 0.256 e. The van der Waals surface area contributed by atoms with Crippen molar-refractivity contribution in [2.24, 2.45) is 0 Å². The topological polar surface area (TPSA) is 94.6 Å². The fraction of sp³-hybridized carbons (Fsp3) is 0.217. The van der Waals surface area contributed by atoms with E-state index in [0.29, 0.717) is 23.8 Å². The zero-order valence-corrected chi connectivity index (χ0v) is 18.3. The van der Waals surface area contributed by atoms with Crippen LogP contribution in [-0.2, 0) is 16.4 Å². The molecule has 1 heterocycles. The van der Waals surface area contributed by atoms with Gasteiger partial charge < -0.3 is 14.8 Å². The molecule has 0 radical (unpaired) electrons. The van der Waals surface area contributed by atoms with Gasteiger partial charge in [0.05, 0.1) is 22.8 Å². The van der Waals surface area contributed by atoms with Gasteiger partial charge in [-0.1, -0.05) is 12.1 Å². The van der Waals surface area contributed by atoms with Gasteiger partial charge in [-0.05, 0) is 55.8 Å². The van der Waals surface area contributed by atoms with Gasteiger partial charge in [-0.15, -0.1) is 0 Å². The average molecular weight is 441 g/mol. The largest absolute Gasteiger partial charge is 0.493 e. The van der Waals surface area contributed by atoms with Gasteiger partial charge in [0.15, 0.2) is 21.3 Å². The van der Waals surface area contributed by atoms with Crippen LogP contribution in [-0.4, -0.2) is 31.7 Å². The molecule has 1 amide bonds. The number of carbonyl (C=O) groups excluding carboxylic acids is 1. The van der Waals surface area contributed by atoms with Crippen molar-refractivity contribution < 1.29 is 22.7 Å². The van der Waals surface area contributed by atoms with Crippen LogP contribution in [0.5, 0.6) is 11.5 Å². The second-order valence-corrected chi connectivity index (χ2v) is 9.53. The number of amides is 1. The quantitative estimate of drug-likeness (QED) is 0.567. The predicted molar refractivity (Wildman–Crippen MR) is 118 cm³/mol. The lowest BCUT2D eigenvalue weighted by Gasteiger charge is -2.15. The summed E-state index contributed by atoms with van der Waals surface area (Å²) >= 11 is 0. The predicted octanol–water partition coefficient (Wildman–Crippen LogP) is 4.10. The number of hydrogen-bond donors (Lipinski definition) is 1. The maximum atomic E-state index is 12.9. The molecule has 0 atom stereocenters. The Hall–Kier alpha value is -3.39. The number of ether oxygens (including phenoxy) is 2. The van der Waals surface area contributed by atoms with Crippen LogP contribution in [0, 0.1) is 0 Å². The lowest BCUT2D eigenvalue weighted by atomic mass is 10.2. The number of rotatable bonds is 8. The van der Waals surface area contributed by atoms with E-state index in [0.717, 1.165) is 5.56 Å². The Morgan fingerprint density at radius 2 is 1.74 bits per heavy atom. The highest BCUT2D eigenvalue weighted by Crippen LogP contribution is 2.31. The summed E-state index contributed by atoms with van der Waals surface area (Å²) < 4.78 is 36.5. The number of sulfone groups is 1. The van der Waals surface area contributed by atoms with Gasteiger partial charge in [0.2, 0.25) is 0 Å². The van der Waals surface area contributed by atoms with Crippen LogP contribution in [0.4, 0.5) is 5.69 Å². The third-order valence-electron chi connectivity index (χ3n) is 4.62. The van der Waals surface area contributed by atoms with E-state index in [9.17, 15) is 13.2 Å². The number of anilines is 1. The fourth-order valence-corrected chi connectivity index (χ4v) is 4.11. The molecule has 3 aromatic rings. The number of aromatic nitrogens is 1. The maximum Gasteiger partial charge on any atom is 0.256 e. The molecule has 1 aromatic heterocycles. The summed E-state index contributed by atoms with van der Waals surface area (Å²) in [6.45, 7) is 3.46. The van der Waals surface area contributed by atoms with Gasteiger partial charge in [-0.2, -0.15) is 0 Å². The van der Waals surface area contributed by atoms with Crippen molar-refractivity contribution in [1.82, 2.24) is 4.98 Å². The number of benzene rings is 2. The van der Waals surface area contributed by atoms with E-state index in [1.165, 1.54) is 19.2 Å².